The molecule has 0 saturated carbocycles. The Morgan fingerprint density at radius 1 is 0.950 bits per heavy atom. The van der Waals surface area contributed by atoms with Crippen molar-refractivity contribution in [2.75, 3.05) is 11.1 Å². The summed E-state index contributed by atoms with van der Waals surface area (Å²) in [7, 11) is 0. The summed E-state index contributed by atoms with van der Waals surface area (Å²) in [5.41, 5.74) is 6.82. The summed E-state index contributed by atoms with van der Waals surface area (Å²) < 4.78 is 29.7. The van der Waals surface area contributed by atoms with Crippen LogP contribution in [0, 0.1) is 11.8 Å². The predicted molar refractivity (Wildman–Crippen MR) is 146 cm³/mol. The fourth-order valence-electron chi connectivity index (χ4n) is 3.89. The number of rotatable bonds is 7. The van der Waals surface area contributed by atoms with Gasteiger partial charge in [-0.1, -0.05) is 35.9 Å². The highest BCUT2D eigenvalue weighted by molar-refractivity contribution is 6.34. The molecule has 0 aliphatic heterocycles. The number of benzene rings is 2. The highest BCUT2D eigenvalue weighted by Gasteiger charge is 2.21. The summed E-state index contributed by atoms with van der Waals surface area (Å²) in [5, 5.41) is 9.65. The highest BCUT2D eigenvalue weighted by atomic mass is 35.5. The number of hydrogen-bond donors (Lipinski definition) is 3. The maximum atomic E-state index is 14.7. The molecule has 0 saturated heterocycles. The van der Waals surface area contributed by atoms with Gasteiger partial charge in [-0.25, -0.2) is 19.0 Å². The van der Waals surface area contributed by atoms with Crippen molar-refractivity contribution >= 4 is 35.1 Å². The molecule has 2 aromatic carbocycles. The fourth-order valence-corrected chi connectivity index (χ4v) is 4.12. The van der Waals surface area contributed by atoms with Crippen molar-refractivity contribution in [2.45, 2.75) is 6.54 Å². The van der Waals surface area contributed by atoms with E-state index in [0.717, 1.165) is 17.7 Å². The molecule has 0 unspecified atom stereocenters. The molecule has 2 amide bonds. The minimum atomic E-state index is -0.803. The zero-order valence-corrected chi connectivity index (χ0v) is 21.4. The van der Waals surface area contributed by atoms with Crippen LogP contribution in [0.25, 0.3) is 16.9 Å². The van der Waals surface area contributed by atoms with Gasteiger partial charge in [0.25, 0.3) is 11.8 Å². The maximum Gasteiger partial charge on any atom is 0.272 e. The van der Waals surface area contributed by atoms with Crippen molar-refractivity contribution in [3.05, 3.63) is 119 Å². The molecule has 12 heteroatoms. The Morgan fingerprint density at radius 2 is 1.75 bits per heavy atom. The Morgan fingerprint density at radius 3 is 2.50 bits per heavy atom. The Balaban J connectivity index is 1.45. The van der Waals surface area contributed by atoms with E-state index in [1.165, 1.54) is 35.1 Å². The van der Waals surface area contributed by atoms with Gasteiger partial charge in [-0.2, -0.15) is 9.49 Å². The number of hydrogen-bond acceptors (Lipinski definition) is 6. The molecule has 40 heavy (non-hydrogen) atoms. The lowest BCUT2D eigenvalue weighted by Gasteiger charge is -2.11. The van der Waals surface area contributed by atoms with Crippen LogP contribution in [0.5, 0.6) is 0 Å². The molecule has 0 aliphatic rings. The van der Waals surface area contributed by atoms with Crippen LogP contribution < -0.4 is 16.4 Å². The molecule has 3 heterocycles. The Kier molecular flexibility index (Phi) is 7.47. The molecule has 0 aliphatic carbocycles. The average Bonchev–Trinajstić information content (AvgIpc) is 3.36. The third kappa shape index (κ3) is 5.79. The molecule has 9 nitrogen and oxygen atoms in total. The lowest BCUT2D eigenvalue weighted by atomic mass is 10.1. The van der Waals surface area contributed by atoms with E-state index in [2.05, 4.69) is 25.7 Å². The Hall–Kier alpha value is -5.16. The monoisotopic (exact) mass is 559 g/mol. The average molecular weight is 560 g/mol. The standard InChI is InChI=1S/C28H20ClF2N7O2/c29-20-13-21(30)19(22-7-4-8-24(31)35-22)12-18(20)27(39)36-26-14-23(37-38(26)17-5-2-1-3-6-17)28(40)34-15-16-9-10-33-25(32)11-16/h1-14H,15H2,(H2,32,33)(H,34,40)(H,36,39). The summed E-state index contributed by atoms with van der Waals surface area (Å²) in [4.78, 5) is 33.9. The number of pyridine rings is 2. The minimum Gasteiger partial charge on any atom is -0.384 e. The van der Waals surface area contributed by atoms with E-state index < -0.39 is 23.6 Å². The van der Waals surface area contributed by atoms with Crippen LogP contribution >= 0.6 is 11.6 Å². The molecule has 3 aromatic heterocycles. The normalized spacial score (nSPS) is 10.8. The Bertz CT molecular complexity index is 1730. The third-order valence-electron chi connectivity index (χ3n) is 5.78. The number of halogens is 3. The van der Waals surface area contributed by atoms with Crippen molar-refractivity contribution < 1.29 is 18.4 Å². The quantitative estimate of drug-likeness (QED) is 0.240. The lowest BCUT2D eigenvalue weighted by molar-refractivity contribution is 0.0944. The zero-order chi connectivity index (χ0) is 28.2. The first-order valence-corrected chi connectivity index (χ1v) is 12.2. The molecule has 0 spiro atoms. The molecule has 4 N–H and O–H groups in total. The number of anilines is 2. The van der Waals surface area contributed by atoms with Crippen molar-refractivity contribution in [1.82, 2.24) is 25.1 Å². The number of nitrogens with zero attached hydrogens (tertiary/aromatic N) is 4. The van der Waals surface area contributed by atoms with Crippen LogP contribution in [0.2, 0.25) is 5.02 Å². The number of nitrogen functional groups attached to an aromatic ring is 1. The van der Waals surface area contributed by atoms with E-state index in [0.29, 0.717) is 11.5 Å². The zero-order valence-electron chi connectivity index (χ0n) is 20.6. The van der Waals surface area contributed by atoms with Crippen LogP contribution in [0.15, 0.2) is 85.1 Å². The summed E-state index contributed by atoms with van der Waals surface area (Å²) in [5.74, 6) is -2.31. The summed E-state index contributed by atoms with van der Waals surface area (Å²) >= 11 is 6.21. The van der Waals surface area contributed by atoms with Crippen LogP contribution in [0.1, 0.15) is 26.4 Å². The molecular weight excluding hydrogens is 540 g/mol. The number of nitrogens with one attached hydrogen (secondary N) is 2. The van der Waals surface area contributed by atoms with Gasteiger partial charge in [0.2, 0.25) is 5.95 Å². The number of carbonyl (C=O) groups excluding carboxylic acids is 2. The first kappa shape index (κ1) is 26.4. The van der Waals surface area contributed by atoms with Crippen molar-refractivity contribution in [1.29, 1.82) is 0 Å². The molecule has 5 rings (SSSR count). The van der Waals surface area contributed by atoms with Gasteiger partial charge in [-0.15, -0.1) is 0 Å². The first-order chi connectivity index (χ1) is 19.3. The molecular formula is C28H20ClF2N7O2. The lowest BCUT2D eigenvalue weighted by Crippen LogP contribution is -2.23. The molecule has 0 bridgehead atoms. The Labute approximate surface area is 231 Å². The van der Waals surface area contributed by atoms with E-state index >= 15 is 0 Å². The van der Waals surface area contributed by atoms with Crippen LogP contribution in [-0.2, 0) is 6.54 Å². The molecule has 0 radical (unpaired) electrons. The second-order valence-electron chi connectivity index (χ2n) is 8.55. The van der Waals surface area contributed by atoms with Gasteiger partial charge in [0.05, 0.1) is 22.0 Å². The van der Waals surface area contributed by atoms with E-state index in [1.807, 2.05) is 0 Å². The van der Waals surface area contributed by atoms with E-state index in [-0.39, 0.29) is 39.9 Å². The molecule has 200 valence electrons. The largest absolute Gasteiger partial charge is 0.384 e. The topological polar surface area (TPSA) is 128 Å². The second kappa shape index (κ2) is 11.3. The molecule has 5 aromatic rings. The van der Waals surface area contributed by atoms with Crippen LogP contribution in [-0.4, -0.2) is 31.6 Å². The number of para-hydroxylation sites is 1. The second-order valence-corrected chi connectivity index (χ2v) is 8.95. The van der Waals surface area contributed by atoms with E-state index in [9.17, 15) is 18.4 Å². The number of aromatic nitrogens is 4. The minimum absolute atomic E-state index is 0.00699. The van der Waals surface area contributed by atoms with Crippen LogP contribution in [0.3, 0.4) is 0 Å². The first-order valence-electron chi connectivity index (χ1n) is 11.9. The molecule has 0 fully saturated rings. The summed E-state index contributed by atoms with van der Waals surface area (Å²) in [6.07, 6.45) is 1.53. The van der Waals surface area contributed by atoms with Crippen molar-refractivity contribution in [3.63, 3.8) is 0 Å². The van der Waals surface area contributed by atoms with Gasteiger partial charge in [0, 0.05) is 24.4 Å². The number of carbonyl (C=O) groups is 2. The van der Waals surface area contributed by atoms with Gasteiger partial charge in [0.1, 0.15) is 17.5 Å². The number of nitrogens with two attached hydrogens (primary N) is 1. The summed E-state index contributed by atoms with van der Waals surface area (Å²) in [6, 6.07) is 19.6. The van der Waals surface area contributed by atoms with Crippen molar-refractivity contribution in [2.24, 2.45) is 0 Å². The SMILES string of the molecule is Nc1cc(CNC(=O)c2cc(NC(=O)c3cc(-c4cccc(F)n4)c(F)cc3Cl)n(-c3ccccc3)n2)ccn1. The van der Waals surface area contributed by atoms with Crippen LogP contribution in [0.4, 0.5) is 20.4 Å². The van der Waals surface area contributed by atoms with Gasteiger partial charge >= 0.3 is 0 Å². The van der Waals surface area contributed by atoms with Gasteiger partial charge in [-0.3, -0.25) is 9.59 Å². The smallest absolute Gasteiger partial charge is 0.272 e. The van der Waals surface area contributed by atoms with Gasteiger partial charge < -0.3 is 16.4 Å². The fraction of sp³-hybridized carbons (Fsp3) is 0.0357. The number of amides is 2. The molecule has 0 atom stereocenters. The van der Waals surface area contributed by atoms with Crippen molar-refractivity contribution in [3.8, 4) is 16.9 Å². The predicted octanol–water partition coefficient (Wildman–Crippen LogP) is 5.03. The summed E-state index contributed by atoms with van der Waals surface area (Å²) in [6.45, 7) is 0.174. The van der Waals surface area contributed by atoms with E-state index in [1.54, 1.807) is 42.5 Å². The third-order valence-corrected chi connectivity index (χ3v) is 6.09. The highest BCUT2D eigenvalue weighted by Crippen LogP contribution is 2.29. The van der Waals surface area contributed by atoms with E-state index in [4.69, 9.17) is 17.3 Å². The maximum absolute atomic E-state index is 14.7. The van der Waals surface area contributed by atoms with Gasteiger partial charge in [-0.05, 0) is 54.1 Å². The van der Waals surface area contributed by atoms with Gasteiger partial charge in [0.15, 0.2) is 5.69 Å².